The maximum Gasteiger partial charge on any atom is 0.111 e. The van der Waals surface area contributed by atoms with E-state index in [1.165, 1.54) is 32.8 Å². The van der Waals surface area contributed by atoms with Gasteiger partial charge in [-0.25, -0.2) is 0 Å². The molecule has 0 fully saturated rings. The first kappa shape index (κ1) is 17.2. The molecular formula is C25H21NSi. The van der Waals surface area contributed by atoms with Gasteiger partial charge in [-0.3, -0.25) is 4.98 Å². The summed E-state index contributed by atoms with van der Waals surface area (Å²) < 4.78 is 0. The van der Waals surface area contributed by atoms with Crippen molar-refractivity contribution < 1.29 is 0 Å². The zero-order valence-corrected chi connectivity index (χ0v) is 16.5. The number of pyridine rings is 1. The average molecular weight is 364 g/mol. The fraction of sp³-hybridized carbons (Fsp3) is 0. The van der Waals surface area contributed by atoms with Crippen molar-refractivity contribution in [3.05, 3.63) is 126 Å². The Hall–Kier alpha value is -3.23. The van der Waals surface area contributed by atoms with Crippen LogP contribution in [-0.2, 0) is 0 Å². The second-order valence-corrected chi connectivity index (χ2v) is 8.42. The van der Waals surface area contributed by atoms with Crippen LogP contribution in [0.1, 0.15) is 16.7 Å². The lowest BCUT2D eigenvalue weighted by Gasteiger charge is -2.09. The minimum atomic E-state index is -0.510. The molecule has 1 aromatic heterocycles. The van der Waals surface area contributed by atoms with Crippen LogP contribution in [-0.4, -0.2) is 14.5 Å². The molecule has 0 saturated carbocycles. The molecule has 0 atom stereocenters. The van der Waals surface area contributed by atoms with Crippen LogP contribution < -0.4 is 10.5 Å². The van der Waals surface area contributed by atoms with Gasteiger partial charge >= 0.3 is 0 Å². The van der Waals surface area contributed by atoms with Gasteiger partial charge in [-0.2, -0.15) is 0 Å². The number of aromatic nitrogens is 1. The predicted octanol–water partition coefficient (Wildman–Crippen LogP) is 3.79. The van der Waals surface area contributed by atoms with Crippen molar-refractivity contribution in [1.29, 1.82) is 0 Å². The summed E-state index contributed by atoms with van der Waals surface area (Å²) in [5.41, 5.74) is 4.92. The van der Waals surface area contributed by atoms with Gasteiger partial charge in [0.1, 0.15) is 9.52 Å². The first-order valence-corrected chi connectivity index (χ1v) is 10.6. The topological polar surface area (TPSA) is 12.9 Å². The van der Waals surface area contributed by atoms with Crippen LogP contribution in [0.4, 0.5) is 0 Å². The molecule has 0 spiro atoms. The molecular weight excluding hydrogens is 342 g/mol. The second-order valence-electron chi connectivity index (χ2n) is 6.53. The smallest absolute Gasteiger partial charge is 0.111 e. The highest BCUT2D eigenvalue weighted by Crippen LogP contribution is 2.25. The van der Waals surface area contributed by atoms with Gasteiger partial charge in [-0.05, 0) is 40.5 Å². The van der Waals surface area contributed by atoms with E-state index >= 15 is 0 Å². The predicted molar refractivity (Wildman–Crippen MR) is 118 cm³/mol. The first-order valence-electron chi connectivity index (χ1n) is 9.20. The zero-order chi connectivity index (χ0) is 18.3. The third-order valence-electron chi connectivity index (χ3n) is 4.57. The van der Waals surface area contributed by atoms with Crippen molar-refractivity contribution in [2.45, 2.75) is 0 Å². The van der Waals surface area contributed by atoms with Gasteiger partial charge in [0.15, 0.2) is 0 Å². The molecule has 130 valence electrons. The van der Waals surface area contributed by atoms with Gasteiger partial charge in [0, 0.05) is 11.5 Å². The molecule has 1 heterocycles. The molecule has 2 heteroatoms. The van der Waals surface area contributed by atoms with E-state index in [0.29, 0.717) is 0 Å². The summed E-state index contributed by atoms with van der Waals surface area (Å²) in [6, 6.07) is 36.3. The summed E-state index contributed by atoms with van der Waals surface area (Å²) in [6.07, 6.45) is 4.15. The molecule has 0 N–H and O–H groups in total. The van der Waals surface area contributed by atoms with E-state index < -0.39 is 9.52 Å². The zero-order valence-electron chi connectivity index (χ0n) is 15.1. The summed E-state index contributed by atoms with van der Waals surface area (Å²) in [7, 11) is -0.510. The third kappa shape index (κ3) is 4.49. The van der Waals surface area contributed by atoms with Crippen molar-refractivity contribution in [2.75, 3.05) is 0 Å². The van der Waals surface area contributed by atoms with Gasteiger partial charge in [0.2, 0.25) is 0 Å². The average Bonchev–Trinajstić information content (AvgIpc) is 2.75. The number of hydrogen-bond acceptors (Lipinski definition) is 1. The quantitative estimate of drug-likeness (QED) is 0.388. The van der Waals surface area contributed by atoms with E-state index in [1.54, 1.807) is 0 Å². The molecule has 0 bridgehead atoms. The highest BCUT2D eigenvalue weighted by Gasteiger charge is 2.05. The summed E-state index contributed by atoms with van der Waals surface area (Å²) in [6.45, 7) is 0. The molecule has 0 unspecified atom stereocenters. The molecule has 27 heavy (non-hydrogen) atoms. The lowest BCUT2D eigenvalue weighted by atomic mass is 9.96. The van der Waals surface area contributed by atoms with E-state index in [-0.39, 0.29) is 0 Å². The van der Waals surface area contributed by atoms with Crippen molar-refractivity contribution in [1.82, 2.24) is 4.98 Å². The molecule has 1 nitrogen and oxygen atoms in total. The Balaban J connectivity index is 1.64. The molecule has 3 aromatic carbocycles. The van der Waals surface area contributed by atoms with Crippen LogP contribution in [0.25, 0.3) is 11.6 Å². The van der Waals surface area contributed by atoms with Crippen LogP contribution in [0.5, 0.6) is 0 Å². The molecule has 4 aromatic rings. The molecule has 0 aliphatic carbocycles. The largest absolute Gasteiger partial charge is 0.266 e. The summed E-state index contributed by atoms with van der Waals surface area (Å²) >= 11 is 0. The van der Waals surface area contributed by atoms with Crippen LogP contribution >= 0.6 is 0 Å². The van der Waals surface area contributed by atoms with Crippen LogP contribution in [0.3, 0.4) is 0 Å². The van der Waals surface area contributed by atoms with E-state index in [4.69, 9.17) is 0 Å². The highest BCUT2D eigenvalue weighted by molar-refractivity contribution is 6.66. The van der Waals surface area contributed by atoms with Gasteiger partial charge in [0.05, 0.1) is 0 Å². The van der Waals surface area contributed by atoms with E-state index in [0.717, 1.165) is 0 Å². The van der Waals surface area contributed by atoms with Crippen molar-refractivity contribution in [2.24, 2.45) is 0 Å². The lowest BCUT2D eigenvalue weighted by Crippen LogP contribution is -2.28. The molecule has 0 amide bonds. The third-order valence-corrected chi connectivity index (χ3v) is 6.23. The standard InChI is InChI=1S/C25H21NSi/c1-3-9-21(10-4-1)24(22-11-5-2-6-12-22)19-20-14-16-23(17-15-20)27-25-13-7-8-18-26-25/h1-19H,27H2. The van der Waals surface area contributed by atoms with E-state index in [2.05, 4.69) is 108 Å². The Labute approximate surface area is 162 Å². The number of rotatable bonds is 5. The monoisotopic (exact) mass is 363 g/mol. The Morgan fingerprint density at radius 2 is 1.22 bits per heavy atom. The van der Waals surface area contributed by atoms with Gasteiger partial charge in [-0.15, -0.1) is 0 Å². The van der Waals surface area contributed by atoms with Crippen LogP contribution in [0.2, 0.25) is 0 Å². The normalized spacial score (nSPS) is 10.8. The number of hydrogen-bond donors (Lipinski definition) is 0. The van der Waals surface area contributed by atoms with Crippen molar-refractivity contribution >= 4 is 31.7 Å². The van der Waals surface area contributed by atoms with Crippen LogP contribution in [0, 0.1) is 0 Å². The lowest BCUT2D eigenvalue weighted by molar-refractivity contribution is 1.39. The fourth-order valence-corrected chi connectivity index (χ4v) is 4.52. The van der Waals surface area contributed by atoms with Crippen molar-refractivity contribution in [3.63, 3.8) is 0 Å². The SMILES string of the molecule is C(=C(c1ccccc1)c1ccccc1)c1ccc([SiH2]c2ccccn2)cc1. The van der Waals surface area contributed by atoms with Crippen molar-refractivity contribution in [3.8, 4) is 0 Å². The Morgan fingerprint density at radius 3 is 1.78 bits per heavy atom. The fourth-order valence-electron chi connectivity index (χ4n) is 3.18. The molecule has 0 radical (unpaired) electrons. The first-order chi connectivity index (χ1) is 13.4. The Kier molecular flexibility index (Phi) is 5.37. The van der Waals surface area contributed by atoms with E-state index in [9.17, 15) is 0 Å². The maximum absolute atomic E-state index is 4.47. The van der Waals surface area contributed by atoms with Gasteiger partial charge in [-0.1, -0.05) is 96.2 Å². The minimum absolute atomic E-state index is 0.510. The Morgan fingerprint density at radius 1 is 0.630 bits per heavy atom. The summed E-state index contributed by atoms with van der Waals surface area (Å²) in [5, 5.41) is 2.64. The summed E-state index contributed by atoms with van der Waals surface area (Å²) in [4.78, 5) is 4.47. The molecule has 4 rings (SSSR count). The van der Waals surface area contributed by atoms with Gasteiger partial charge < -0.3 is 0 Å². The number of nitrogens with zero attached hydrogens (tertiary/aromatic N) is 1. The molecule has 0 saturated heterocycles. The van der Waals surface area contributed by atoms with Gasteiger partial charge in [0.25, 0.3) is 0 Å². The van der Waals surface area contributed by atoms with Crippen LogP contribution in [0.15, 0.2) is 109 Å². The van der Waals surface area contributed by atoms with E-state index in [1.807, 2.05) is 12.3 Å². The number of benzene rings is 3. The maximum atomic E-state index is 4.47. The Bertz CT molecular complexity index is 967. The highest BCUT2D eigenvalue weighted by atomic mass is 28.2. The molecule has 0 aliphatic rings. The summed E-state index contributed by atoms with van der Waals surface area (Å²) in [5.74, 6) is 0. The second kappa shape index (κ2) is 8.43. The molecule has 0 aliphatic heterocycles. The minimum Gasteiger partial charge on any atom is -0.266 e.